The lowest BCUT2D eigenvalue weighted by Crippen LogP contribution is -2.12. The summed E-state index contributed by atoms with van der Waals surface area (Å²) in [6.45, 7) is 0. The van der Waals surface area contributed by atoms with Crippen molar-refractivity contribution in [2.24, 2.45) is 4.99 Å². The van der Waals surface area contributed by atoms with Crippen LogP contribution in [0.5, 0.6) is 0 Å². The number of benzene rings is 7. The smallest absolute Gasteiger partial charge is 0.227 e. The maximum absolute atomic E-state index is 9.57. The van der Waals surface area contributed by atoms with Gasteiger partial charge in [-0.15, -0.1) is 0 Å². The van der Waals surface area contributed by atoms with Gasteiger partial charge < -0.3 is 4.57 Å². The van der Waals surface area contributed by atoms with Crippen LogP contribution in [0.1, 0.15) is 5.56 Å². The molecule has 4 nitrogen and oxygen atoms in total. The van der Waals surface area contributed by atoms with Crippen LogP contribution in [-0.4, -0.2) is 20.8 Å². The molecule has 9 aromatic rings. The van der Waals surface area contributed by atoms with Crippen molar-refractivity contribution >= 4 is 72.1 Å². The van der Waals surface area contributed by atoms with Crippen LogP contribution in [0, 0.1) is 5.41 Å². The van der Waals surface area contributed by atoms with Crippen LogP contribution in [0.2, 0.25) is 0 Å². The Morgan fingerprint density at radius 3 is 1.96 bits per heavy atom. The Bertz CT molecular complexity index is 3010. The molecular weight excluding hydrogens is 633 g/mol. The molecule has 1 aliphatic rings. The highest BCUT2D eigenvalue weighted by Gasteiger charge is 2.20. The molecule has 2 heterocycles. The average molecular weight is 665 g/mol. The van der Waals surface area contributed by atoms with Crippen LogP contribution >= 0.6 is 0 Å². The second-order valence-corrected chi connectivity index (χ2v) is 13.2. The van der Waals surface area contributed by atoms with Gasteiger partial charge in [0, 0.05) is 32.8 Å². The van der Waals surface area contributed by atoms with Gasteiger partial charge in [-0.05, 0) is 82.1 Å². The predicted molar refractivity (Wildman–Crippen MR) is 220 cm³/mol. The van der Waals surface area contributed by atoms with Crippen molar-refractivity contribution in [2.75, 3.05) is 0 Å². The first kappa shape index (κ1) is 29.8. The van der Waals surface area contributed by atoms with Crippen molar-refractivity contribution in [3.63, 3.8) is 0 Å². The summed E-state index contributed by atoms with van der Waals surface area (Å²) in [5.41, 5.74) is 10.5. The van der Waals surface area contributed by atoms with Crippen molar-refractivity contribution in [3.05, 3.63) is 193 Å². The maximum atomic E-state index is 9.57. The second-order valence-electron chi connectivity index (χ2n) is 13.2. The molecule has 0 bridgehead atoms. The van der Waals surface area contributed by atoms with Crippen LogP contribution in [0.15, 0.2) is 193 Å². The summed E-state index contributed by atoms with van der Waals surface area (Å²) in [6, 6.07) is 55.6. The summed E-state index contributed by atoms with van der Waals surface area (Å²) >= 11 is 0. The first-order valence-corrected chi connectivity index (χ1v) is 17.6. The number of aromatic nitrogens is 2. The van der Waals surface area contributed by atoms with Crippen LogP contribution in [0.3, 0.4) is 0 Å². The molecule has 10 rings (SSSR count). The van der Waals surface area contributed by atoms with Crippen LogP contribution in [-0.2, 0) is 0 Å². The zero-order valence-electron chi connectivity index (χ0n) is 28.2. The molecule has 0 spiro atoms. The van der Waals surface area contributed by atoms with E-state index in [2.05, 4.69) is 150 Å². The second kappa shape index (κ2) is 12.1. The number of allylic oxidation sites excluding steroid dienone is 5. The Morgan fingerprint density at radius 1 is 0.519 bits per heavy atom. The molecule has 0 unspecified atom stereocenters. The fraction of sp³-hybridized carbons (Fsp3) is 0. The summed E-state index contributed by atoms with van der Waals surface area (Å²) in [6.07, 6.45) is 10.2. The van der Waals surface area contributed by atoms with Crippen molar-refractivity contribution in [3.8, 4) is 16.8 Å². The van der Waals surface area contributed by atoms with Gasteiger partial charge in [-0.2, -0.15) is 0 Å². The molecule has 1 N–H and O–H groups in total. The molecule has 0 saturated heterocycles. The van der Waals surface area contributed by atoms with E-state index in [9.17, 15) is 5.41 Å². The van der Waals surface area contributed by atoms with Gasteiger partial charge in [0.05, 0.1) is 27.8 Å². The lowest BCUT2D eigenvalue weighted by Gasteiger charge is -2.13. The lowest BCUT2D eigenvalue weighted by atomic mass is 9.94. The van der Waals surface area contributed by atoms with Crippen molar-refractivity contribution in [2.45, 2.75) is 0 Å². The van der Waals surface area contributed by atoms with Crippen LogP contribution in [0.4, 0.5) is 0 Å². The van der Waals surface area contributed by atoms with E-state index in [0.29, 0.717) is 0 Å². The highest BCUT2D eigenvalue weighted by molar-refractivity contribution is 6.27. The predicted octanol–water partition coefficient (Wildman–Crippen LogP) is 12.1. The number of hydrogen-bond donors (Lipinski definition) is 1. The molecule has 0 aliphatic heterocycles. The topological polar surface area (TPSA) is 46.1 Å². The summed E-state index contributed by atoms with van der Waals surface area (Å²) in [4.78, 5) is 5.00. The van der Waals surface area contributed by atoms with Crippen molar-refractivity contribution < 1.29 is 0 Å². The minimum absolute atomic E-state index is 0.169. The Labute approximate surface area is 300 Å². The fourth-order valence-corrected chi connectivity index (χ4v) is 7.90. The molecule has 7 aromatic carbocycles. The highest BCUT2D eigenvalue weighted by atomic mass is 15.1. The van der Waals surface area contributed by atoms with Gasteiger partial charge in [0.15, 0.2) is 0 Å². The minimum Gasteiger partial charge on any atom is -0.309 e. The molecule has 0 atom stereocenters. The Hall–Kier alpha value is -7.04. The molecular formula is C48H32N4. The van der Waals surface area contributed by atoms with Crippen LogP contribution < -0.4 is 0 Å². The SMILES string of the molecule is N=C(/N=C1/C=CC=C/C1=C\c1ccccc1)n1c2ccccc2c2c3ccccc3c(-c3ccc4c(c3)c3ccccc3n4-c3ccccc3)cc21. The molecule has 52 heavy (non-hydrogen) atoms. The summed E-state index contributed by atoms with van der Waals surface area (Å²) < 4.78 is 4.36. The van der Waals surface area contributed by atoms with Gasteiger partial charge in [0.25, 0.3) is 0 Å². The Balaban J connectivity index is 1.21. The van der Waals surface area contributed by atoms with Gasteiger partial charge in [-0.25, -0.2) is 4.99 Å². The first-order chi connectivity index (χ1) is 25.7. The summed E-state index contributed by atoms with van der Waals surface area (Å²) in [5.74, 6) is 0.169. The summed E-state index contributed by atoms with van der Waals surface area (Å²) in [7, 11) is 0. The number of rotatable bonds is 3. The number of nitrogens with zero attached hydrogens (tertiary/aromatic N) is 3. The molecule has 1 aliphatic carbocycles. The number of aliphatic imine (C=N–C) groups is 1. The zero-order valence-corrected chi connectivity index (χ0v) is 28.2. The molecule has 0 fully saturated rings. The van der Waals surface area contributed by atoms with Gasteiger partial charge >= 0.3 is 0 Å². The van der Waals surface area contributed by atoms with E-state index in [1.165, 1.54) is 27.2 Å². The van der Waals surface area contributed by atoms with Gasteiger partial charge in [-0.3, -0.25) is 9.98 Å². The Kier molecular flexibility index (Phi) is 6.93. The van der Waals surface area contributed by atoms with E-state index in [1.54, 1.807) is 0 Å². The van der Waals surface area contributed by atoms with Crippen LogP contribution in [0.25, 0.3) is 77.3 Å². The van der Waals surface area contributed by atoms with E-state index in [4.69, 9.17) is 4.99 Å². The van der Waals surface area contributed by atoms with E-state index < -0.39 is 0 Å². The summed E-state index contributed by atoms with van der Waals surface area (Å²) in [5, 5.41) is 16.6. The monoisotopic (exact) mass is 664 g/mol. The van der Waals surface area contributed by atoms with E-state index in [0.717, 1.165) is 60.9 Å². The van der Waals surface area contributed by atoms with Crippen molar-refractivity contribution in [1.82, 2.24) is 9.13 Å². The first-order valence-electron chi connectivity index (χ1n) is 17.6. The third kappa shape index (κ3) is 4.77. The van der Waals surface area contributed by atoms with Crippen molar-refractivity contribution in [1.29, 1.82) is 5.41 Å². The quantitative estimate of drug-likeness (QED) is 0.144. The number of nitrogens with one attached hydrogen (secondary N) is 1. The van der Waals surface area contributed by atoms with Gasteiger partial charge in [0.1, 0.15) is 0 Å². The standard InChI is InChI=1S/C48H32N4/c49-48(50-42-24-12-7-17-34(42)29-32-15-3-1-4-16-32)52-44-26-14-11-23-39(44)47-38-22-9-8-20-36(38)40(31-46(47)52)33-27-28-45-41(30-33)37-21-10-13-25-43(37)51(45)35-18-5-2-6-19-35/h1-31,49H/b34-29+,49-48?,50-42-. The fourth-order valence-electron chi connectivity index (χ4n) is 7.90. The maximum Gasteiger partial charge on any atom is 0.227 e. The largest absolute Gasteiger partial charge is 0.309 e. The van der Waals surface area contributed by atoms with E-state index in [-0.39, 0.29) is 5.96 Å². The average Bonchev–Trinajstić information content (AvgIpc) is 3.72. The Morgan fingerprint density at radius 2 is 1.15 bits per heavy atom. The molecule has 4 heteroatoms. The minimum atomic E-state index is 0.169. The number of hydrogen-bond acceptors (Lipinski definition) is 1. The van der Waals surface area contributed by atoms with E-state index in [1.807, 2.05) is 47.1 Å². The molecule has 2 aromatic heterocycles. The van der Waals surface area contributed by atoms with Gasteiger partial charge in [-0.1, -0.05) is 133 Å². The number of para-hydroxylation sites is 3. The number of fused-ring (bicyclic) bond motifs is 8. The molecule has 244 valence electrons. The lowest BCUT2D eigenvalue weighted by molar-refractivity contribution is 1.18. The third-order valence-corrected chi connectivity index (χ3v) is 10.2. The van der Waals surface area contributed by atoms with Gasteiger partial charge in [0.2, 0.25) is 5.96 Å². The zero-order chi connectivity index (χ0) is 34.6. The van der Waals surface area contributed by atoms with E-state index >= 15 is 0 Å². The third-order valence-electron chi connectivity index (χ3n) is 10.2. The normalized spacial score (nSPS) is 14.5. The molecule has 0 saturated carbocycles. The highest BCUT2D eigenvalue weighted by Crippen LogP contribution is 2.42. The molecule has 0 amide bonds. The molecule has 0 radical (unpaired) electrons.